The molecular weight excluding hydrogens is 390 g/mol. The van der Waals surface area contributed by atoms with Crippen molar-refractivity contribution in [2.24, 2.45) is 11.8 Å². The van der Waals surface area contributed by atoms with Gasteiger partial charge in [-0.3, -0.25) is 20.2 Å². The number of hydrogen-bond acceptors (Lipinski definition) is 6. The predicted octanol–water partition coefficient (Wildman–Crippen LogP) is 4.70. The molecule has 1 aliphatic rings. The molecule has 2 atom stereocenters. The van der Waals surface area contributed by atoms with Crippen molar-refractivity contribution in [2.45, 2.75) is 46.3 Å². The first-order chi connectivity index (χ1) is 14.0. The topological polar surface area (TPSA) is 116 Å². The molecule has 2 rings (SSSR count). The largest absolute Gasteiger partial charge is 0.444 e. The molecule has 9 nitrogen and oxygen atoms in total. The molecule has 0 heterocycles. The minimum atomic E-state index is -0.661. The van der Waals surface area contributed by atoms with E-state index in [1.807, 2.05) is 13.0 Å². The van der Waals surface area contributed by atoms with Crippen molar-refractivity contribution in [1.29, 1.82) is 0 Å². The Morgan fingerprint density at radius 3 is 2.27 bits per heavy atom. The van der Waals surface area contributed by atoms with Crippen molar-refractivity contribution < 1.29 is 19.4 Å². The van der Waals surface area contributed by atoms with E-state index in [1.165, 1.54) is 18.2 Å². The number of carbonyl (C=O) groups is 1. The van der Waals surface area contributed by atoms with E-state index < -0.39 is 21.5 Å². The van der Waals surface area contributed by atoms with Gasteiger partial charge in [-0.2, -0.15) is 0 Å². The van der Waals surface area contributed by atoms with Crippen LogP contribution in [0.15, 0.2) is 48.2 Å². The van der Waals surface area contributed by atoms with Gasteiger partial charge in [0, 0.05) is 31.3 Å². The summed E-state index contributed by atoms with van der Waals surface area (Å²) in [4.78, 5) is 35.2. The van der Waals surface area contributed by atoms with Gasteiger partial charge in [0.15, 0.2) is 0 Å². The summed E-state index contributed by atoms with van der Waals surface area (Å²) in [6.07, 6.45) is 5.06. The van der Waals surface area contributed by atoms with Gasteiger partial charge in [-0.25, -0.2) is 4.79 Å². The zero-order chi connectivity index (χ0) is 22.5. The van der Waals surface area contributed by atoms with Gasteiger partial charge >= 0.3 is 6.09 Å². The standard InChI is InChI=1S/C21H27N3O6/c1-15-13-19(24(28)29)10-7-17(15)11-12-22(20(25)30-21(2,3)4)14-16-5-8-18(9-6-16)23(26)27/h5-10,13,15,17H,11-12,14H2,1-4H3. The maximum absolute atomic E-state index is 12.7. The molecule has 30 heavy (non-hydrogen) atoms. The lowest BCUT2D eigenvalue weighted by atomic mass is 9.86. The fraction of sp³-hybridized carbons (Fsp3) is 0.476. The molecule has 0 saturated heterocycles. The third kappa shape index (κ3) is 6.68. The van der Waals surface area contributed by atoms with Crippen LogP contribution < -0.4 is 0 Å². The van der Waals surface area contributed by atoms with Crippen LogP contribution in [0.1, 0.15) is 39.7 Å². The van der Waals surface area contributed by atoms with Crippen LogP contribution in [-0.4, -0.2) is 33.0 Å². The lowest BCUT2D eigenvalue weighted by molar-refractivity contribution is -0.419. The summed E-state index contributed by atoms with van der Waals surface area (Å²) >= 11 is 0. The van der Waals surface area contributed by atoms with Crippen LogP contribution in [0.3, 0.4) is 0 Å². The summed E-state index contributed by atoms with van der Waals surface area (Å²) < 4.78 is 5.51. The average molecular weight is 417 g/mol. The van der Waals surface area contributed by atoms with E-state index >= 15 is 0 Å². The van der Waals surface area contributed by atoms with E-state index in [0.29, 0.717) is 13.0 Å². The zero-order valence-corrected chi connectivity index (χ0v) is 17.6. The van der Waals surface area contributed by atoms with Crippen LogP contribution >= 0.6 is 0 Å². The van der Waals surface area contributed by atoms with Gasteiger partial charge in [0.05, 0.1) is 9.85 Å². The highest BCUT2D eigenvalue weighted by atomic mass is 16.6. The molecule has 2 unspecified atom stereocenters. The van der Waals surface area contributed by atoms with Gasteiger partial charge in [-0.05, 0) is 50.7 Å². The minimum Gasteiger partial charge on any atom is -0.444 e. The predicted molar refractivity (Wildman–Crippen MR) is 111 cm³/mol. The summed E-state index contributed by atoms with van der Waals surface area (Å²) in [5.41, 5.74) is 0.145. The number of nitrogens with zero attached hydrogens (tertiary/aromatic N) is 3. The van der Waals surface area contributed by atoms with Gasteiger partial charge in [0.1, 0.15) is 5.60 Å². The van der Waals surface area contributed by atoms with Gasteiger partial charge in [-0.1, -0.05) is 25.1 Å². The summed E-state index contributed by atoms with van der Waals surface area (Å²) in [7, 11) is 0. The fourth-order valence-corrected chi connectivity index (χ4v) is 3.14. The van der Waals surface area contributed by atoms with Gasteiger partial charge in [0.25, 0.3) is 11.4 Å². The number of rotatable bonds is 7. The molecule has 1 aliphatic carbocycles. The lowest BCUT2D eigenvalue weighted by Gasteiger charge is -2.29. The van der Waals surface area contributed by atoms with Gasteiger partial charge in [-0.15, -0.1) is 0 Å². The number of carbonyl (C=O) groups excluding carboxylic acids is 1. The number of nitro benzene ring substituents is 1. The summed E-state index contributed by atoms with van der Waals surface area (Å²) in [5.74, 6) is 0.0192. The van der Waals surface area contributed by atoms with Crippen LogP contribution in [0.2, 0.25) is 0 Å². The van der Waals surface area contributed by atoms with E-state index in [1.54, 1.807) is 43.9 Å². The Bertz CT molecular complexity index is 854. The minimum absolute atomic E-state index is 0.0166. The van der Waals surface area contributed by atoms with E-state index in [9.17, 15) is 25.0 Å². The highest BCUT2D eigenvalue weighted by Gasteiger charge is 2.26. The van der Waals surface area contributed by atoms with Crippen molar-refractivity contribution >= 4 is 11.8 Å². The van der Waals surface area contributed by atoms with Crippen LogP contribution in [0.25, 0.3) is 0 Å². The van der Waals surface area contributed by atoms with Crippen molar-refractivity contribution in [1.82, 2.24) is 4.90 Å². The monoisotopic (exact) mass is 417 g/mol. The van der Waals surface area contributed by atoms with Crippen LogP contribution in [0.4, 0.5) is 10.5 Å². The first-order valence-corrected chi connectivity index (χ1v) is 9.72. The summed E-state index contributed by atoms with van der Waals surface area (Å²) in [6.45, 7) is 7.88. The van der Waals surface area contributed by atoms with Crippen molar-refractivity contribution in [3.8, 4) is 0 Å². The third-order valence-electron chi connectivity index (χ3n) is 4.74. The molecule has 0 aromatic heterocycles. The highest BCUT2D eigenvalue weighted by molar-refractivity contribution is 5.68. The second-order valence-corrected chi connectivity index (χ2v) is 8.34. The van der Waals surface area contributed by atoms with E-state index in [2.05, 4.69) is 0 Å². The van der Waals surface area contributed by atoms with Crippen LogP contribution in [0, 0.1) is 32.1 Å². The van der Waals surface area contributed by atoms with Gasteiger partial charge < -0.3 is 9.64 Å². The highest BCUT2D eigenvalue weighted by Crippen LogP contribution is 2.26. The molecule has 9 heteroatoms. The number of hydrogen-bond donors (Lipinski definition) is 0. The Morgan fingerprint density at radius 2 is 1.77 bits per heavy atom. The first-order valence-electron chi connectivity index (χ1n) is 9.72. The number of ether oxygens (including phenoxy) is 1. The Hall–Kier alpha value is -3.23. The Morgan fingerprint density at radius 1 is 1.13 bits per heavy atom. The molecule has 0 aliphatic heterocycles. The molecule has 1 aromatic rings. The molecule has 1 amide bonds. The molecular formula is C21H27N3O6. The third-order valence-corrected chi connectivity index (χ3v) is 4.74. The van der Waals surface area contributed by atoms with Gasteiger partial charge in [0.2, 0.25) is 0 Å². The maximum Gasteiger partial charge on any atom is 0.410 e. The smallest absolute Gasteiger partial charge is 0.410 e. The Balaban J connectivity index is 2.10. The molecule has 162 valence electrons. The van der Waals surface area contributed by atoms with Crippen molar-refractivity contribution in [3.05, 3.63) is 74.0 Å². The van der Waals surface area contributed by atoms with Crippen molar-refractivity contribution in [2.75, 3.05) is 6.54 Å². The molecule has 0 fully saturated rings. The lowest BCUT2D eigenvalue weighted by Crippen LogP contribution is -2.37. The van der Waals surface area contributed by atoms with Crippen LogP contribution in [0.5, 0.6) is 0 Å². The van der Waals surface area contributed by atoms with E-state index in [-0.39, 0.29) is 29.8 Å². The van der Waals surface area contributed by atoms with E-state index in [0.717, 1.165) is 5.56 Å². The van der Waals surface area contributed by atoms with E-state index in [4.69, 9.17) is 4.74 Å². The molecule has 1 aromatic carbocycles. The normalized spacial score (nSPS) is 18.5. The summed E-state index contributed by atoms with van der Waals surface area (Å²) in [5, 5.41) is 21.8. The Labute approximate surface area is 175 Å². The second kappa shape index (κ2) is 9.51. The molecule has 0 radical (unpaired) electrons. The second-order valence-electron chi connectivity index (χ2n) is 8.34. The SMILES string of the molecule is CC1C=C([N+](=O)[O-])C=CC1CCN(Cc1ccc([N+](=O)[O-])cc1)C(=O)OC(C)(C)C. The number of non-ortho nitro benzene ring substituents is 1. The zero-order valence-electron chi connectivity index (χ0n) is 17.6. The molecule has 0 spiro atoms. The molecule has 0 N–H and O–H groups in total. The quantitative estimate of drug-likeness (QED) is 0.469. The van der Waals surface area contributed by atoms with Crippen LogP contribution in [-0.2, 0) is 11.3 Å². The fourth-order valence-electron chi connectivity index (χ4n) is 3.14. The first kappa shape index (κ1) is 23.1. The van der Waals surface area contributed by atoms with Crippen molar-refractivity contribution in [3.63, 3.8) is 0 Å². The number of nitro groups is 2. The number of allylic oxidation sites excluding steroid dienone is 3. The maximum atomic E-state index is 12.7. The summed E-state index contributed by atoms with van der Waals surface area (Å²) in [6, 6.07) is 6.03. The molecule has 0 bridgehead atoms. The average Bonchev–Trinajstić information content (AvgIpc) is 2.64. The number of amides is 1. The Kier molecular flexibility index (Phi) is 7.31. The number of benzene rings is 1. The molecule has 0 saturated carbocycles.